The van der Waals surface area contributed by atoms with Crippen molar-refractivity contribution in [3.8, 4) is 0 Å². The molecule has 1 N–H and O–H groups in total. The van der Waals surface area contributed by atoms with Gasteiger partial charge in [-0.1, -0.05) is 32.4 Å². The number of aromatic nitrogens is 2. The fraction of sp³-hybridized carbons (Fsp3) is 0.824. The van der Waals surface area contributed by atoms with Crippen LogP contribution in [0.25, 0.3) is 0 Å². The van der Waals surface area contributed by atoms with E-state index < -0.39 is 0 Å². The lowest BCUT2D eigenvalue weighted by atomic mass is 9.68. The summed E-state index contributed by atoms with van der Waals surface area (Å²) in [5, 5.41) is 8.69. The van der Waals surface area contributed by atoms with Crippen molar-refractivity contribution < 1.29 is 0 Å². The lowest BCUT2D eigenvalue weighted by Gasteiger charge is -2.39. The van der Waals surface area contributed by atoms with Crippen LogP contribution < -0.4 is 5.32 Å². The van der Waals surface area contributed by atoms with Gasteiger partial charge in [-0.05, 0) is 56.9 Å². The lowest BCUT2D eigenvalue weighted by Crippen LogP contribution is -2.33. The molecule has 1 aliphatic rings. The molecule has 4 heteroatoms. The Morgan fingerprint density at radius 1 is 1.33 bits per heavy atom. The molecular weight excluding hydrogens is 282 g/mol. The van der Waals surface area contributed by atoms with Crippen molar-refractivity contribution in [3.63, 3.8) is 0 Å². The molecule has 0 amide bonds. The maximum Gasteiger partial charge on any atom is 0.0834 e. The molecular formula is C17H30ClN3. The minimum atomic E-state index is 0.320. The summed E-state index contributed by atoms with van der Waals surface area (Å²) in [4.78, 5) is 0. The molecule has 0 spiro atoms. The first-order chi connectivity index (χ1) is 9.88. The molecule has 0 bridgehead atoms. The Labute approximate surface area is 134 Å². The first-order valence-electron chi connectivity index (χ1n) is 8.27. The van der Waals surface area contributed by atoms with Gasteiger partial charge < -0.3 is 5.32 Å². The van der Waals surface area contributed by atoms with Crippen LogP contribution in [0.4, 0.5) is 0 Å². The summed E-state index contributed by atoms with van der Waals surface area (Å²) in [6.07, 6.45) is 6.98. The van der Waals surface area contributed by atoms with Crippen LogP contribution in [0, 0.1) is 17.3 Å². The molecule has 120 valence electrons. The van der Waals surface area contributed by atoms with Crippen LogP contribution in [0.5, 0.6) is 0 Å². The highest BCUT2D eigenvalue weighted by Gasteiger charge is 2.34. The second kappa shape index (κ2) is 6.70. The van der Waals surface area contributed by atoms with Crippen LogP contribution in [0.1, 0.15) is 65.1 Å². The Bertz CT molecular complexity index is 453. The summed E-state index contributed by atoms with van der Waals surface area (Å²) in [6, 6.07) is 0.320. The summed E-state index contributed by atoms with van der Waals surface area (Å²) in [5.41, 5.74) is 1.60. The number of hydrogen-bond donors (Lipinski definition) is 1. The normalized spacial score (nSPS) is 25.0. The summed E-state index contributed by atoms with van der Waals surface area (Å²) >= 11 is 6.39. The molecule has 0 saturated heterocycles. The van der Waals surface area contributed by atoms with Gasteiger partial charge in [-0.15, -0.1) is 0 Å². The topological polar surface area (TPSA) is 29.9 Å². The lowest BCUT2D eigenvalue weighted by molar-refractivity contribution is 0.132. The van der Waals surface area contributed by atoms with Crippen LogP contribution >= 0.6 is 11.6 Å². The maximum atomic E-state index is 6.39. The smallest absolute Gasteiger partial charge is 0.0834 e. The number of nitrogens with zero attached hydrogens (tertiary/aromatic N) is 2. The first kappa shape index (κ1) is 16.8. The molecule has 0 radical (unpaired) electrons. The fourth-order valence-corrected chi connectivity index (χ4v) is 4.11. The van der Waals surface area contributed by atoms with Crippen LogP contribution in [0.2, 0.25) is 5.02 Å². The Hall–Kier alpha value is -0.540. The van der Waals surface area contributed by atoms with Crippen molar-refractivity contribution in [2.75, 3.05) is 7.05 Å². The minimum absolute atomic E-state index is 0.320. The van der Waals surface area contributed by atoms with Gasteiger partial charge in [0.15, 0.2) is 0 Å². The number of aryl methyl sites for hydroxylation is 1. The molecule has 1 aliphatic carbocycles. The highest BCUT2D eigenvalue weighted by atomic mass is 35.5. The second-order valence-corrected chi connectivity index (χ2v) is 7.84. The Kier molecular flexibility index (Phi) is 5.37. The van der Waals surface area contributed by atoms with Gasteiger partial charge in [0.1, 0.15) is 0 Å². The molecule has 0 aromatic carbocycles. The monoisotopic (exact) mass is 311 g/mol. The molecule has 21 heavy (non-hydrogen) atoms. The average molecular weight is 312 g/mol. The van der Waals surface area contributed by atoms with Crippen molar-refractivity contribution >= 4 is 11.6 Å². The third-order valence-electron chi connectivity index (χ3n) is 5.21. The van der Waals surface area contributed by atoms with E-state index in [2.05, 4.69) is 38.1 Å². The van der Waals surface area contributed by atoms with E-state index in [1.54, 1.807) is 6.20 Å². The Balaban J connectivity index is 2.11. The predicted octanol–water partition coefficient (Wildman–Crippen LogP) is 4.67. The number of hydrogen-bond acceptors (Lipinski definition) is 2. The molecule has 1 saturated carbocycles. The van der Waals surface area contributed by atoms with Crippen molar-refractivity contribution in [1.29, 1.82) is 0 Å². The van der Waals surface area contributed by atoms with E-state index in [0.717, 1.165) is 17.5 Å². The van der Waals surface area contributed by atoms with Crippen molar-refractivity contribution in [1.82, 2.24) is 15.1 Å². The molecule has 1 fully saturated rings. The largest absolute Gasteiger partial charge is 0.311 e. The van der Waals surface area contributed by atoms with Crippen LogP contribution in [-0.2, 0) is 6.54 Å². The zero-order valence-corrected chi connectivity index (χ0v) is 14.9. The minimum Gasteiger partial charge on any atom is -0.311 e. The zero-order valence-electron chi connectivity index (χ0n) is 14.1. The third kappa shape index (κ3) is 3.62. The predicted molar refractivity (Wildman–Crippen MR) is 89.6 cm³/mol. The van der Waals surface area contributed by atoms with Gasteiger partial charge in [-0.2, -0.15) is 5.10 Å². The van der Waals surface area contributed by atoms with E-state index in [1.165, 1.54) is 31.4 Å². The molecule has 1 unspecified atom stereocenters. The van der Waals surface area contributed by atoms with E-state index in [-0.39, 0.29) is 0 Å². The highest BCUT2D eigenvalue weighted by molar-refractivity contribution is 6.31. The van der Waals surface area contributed by atoms with Crippen molar-refractivity contribution in [2.45, 2.75) is 66.0 Å². The average Bonchev–Trinajstić information content (AvgIpc) is 2.81. The van der Waals surface area contributed by atoms with Gasteiger partial charge >= 0.3 is 0 Å². The summed E-state index contributed by atoms with van der Waals surface area (Å²) in [6.45, 7) is 10.1. The van der Waals surface area contributed by atoms with Gasteiger partial charge in [-0.3, -0.25) is 4.68 Å². The third-order valence-corrected chi connectivity index (χ3v) is 5.50. The number of rotatable bonds is 4. The fourth-order valence-electron chi connectivity index (χ4n) is 3.85. The molecule has 1 atom stereocenters. The van der Waals surface area contributed by atoms with E-state index in [9.17, 15) is 0 Å². The molecule has 1 heterocycles. The Morgan fingerprint density at radius 3 is 2.43 bits per heavy atom. The Morgan fingerprint density at radius 2 is 1.95 bits per heavy atom. The SMILES string of the molecule is CCn1ncc(Cl)c1C(NC)C1CCC(C(C)(C)C)CC1. The standard InChI is InChI=1S/C17H30ClN3/c1-6-21-16(14(18)11-20-21)15(19-5)12-7-9-13(10-8-12)17(2,3)4/h11-13,15,19H,6-10H2,1-5H3. The molecule has 1 aromatic heterocycles. The highest BCUT2D eigenvalue weighted by Crippen LogP contribution is 2.44. The summed E-state index contributed by atoms with van der Waals surface area (Å²) < 4.78 is 2.04. The van der Waals surface area contributed by atoms with Gasteiger partial charge in [0.25, 0.3) is 0 Å². The first-order valence-corrected chi connectivity index (χ1v) is 8.64. The van der Waals surface area contributed by atoms with E-state index in [0.29, 0.717) is 17.4 Å². The van der Waals surface area contributed by atoms with E-state index >= 15 is 0 Å². The molecule has 0 aliphatic heterocycles. The second-order valence-electron chi connectivity index (χ2n) is 7.44. The van der Waals surface area contributed by atoms with Gasteiger partial charge in [0.05, 0.1) is 23.0 Å². The molecule has 2 rings (SSSR count). The van der Waals surface area contributed by atoms with Crippen molar-refractivity contribution in [2.24, 2.45) is 17.3 Å². The zero-order chi connectivity index (χ0) is 15.6. The van der Waals surface area contributed by atoms with Crippen LogP contribution in [0.3, 0.4) is 0 Å². The van der Waals surface area contributed by atoms with Gasteiger partial charge in [0.2, 0.25) is 0 Å². The van der Waals surface area contributed by atoms with Crippen LogP contribution in [0.15, 0.2) is 6.20 Å². The van der Waals surface area contributed by atoms with Gasteiger partial charge in [0, 0.05) is 6.54 Å². The molecule has 1 aromatic rings. The van der Waals surface area contributed by atoms with Gasteiger partial charge in [-0.25, -0.2) is 0 Å². The van der Waals surface area contributed by atoms with Crippen LogP contribution in [-0.4, -0.2) is 16.8 Å². The molecule has 3 nitrogen and oxygen atoms in total. The summed E-state index contributed by atoms with van der Waals surface area (Å²) in [5.74, 6) is 1.51. The van der Waals surface area contributed by atoms with E-state index in [1.807, 2.05) is 11.7 Å². The van der Waals surface area contributed by atoms with E-state index in [4.69, 9.17) is 11.6 Å². The quantitative estimate of drug-likeness (QED) is 0.875. The number of halogens is 1. The van der Waals surface area contributed by atoms with Crippen molar-refractivity contribution in [3.05, 3.63) is 16.9 Å². The maximum absolute atomic E-state index is 6.39. The number of nitrogens with one attached hydrogen (secondary N) is 1. The summed E-state index contributed by atoms with van der Waals surface area (Å²) in [7, 11) is 2.05.